The van der Waals surface area contributed by atoms with Gasteiger partial charge in [0.15, 0.2) is 0 Å². The van der Waals surface area contributed by atoms with Gasteiger partial charge in [-0.1, -0.05) is 6.92 Å². The topological polar surface area (TPSA) is 29.1 Å². The zero-order chi connectivity index (χ0) is 9.19. The molecule has 12 heavy (non-hydrogen) atoms. The van der Waals surface area contributed by atoms with Gasteiger partial charge < -0.3 is 5.32 Å². The van der Waals surface area contributed by atoms with Crippen molar-refractivity contribution in [1.82, 2.24) is 5.32 Å². The zero-order valence-electron chi connectivity index (χ0n) is 7.69. The molecule has 1 fully saturated rings. The van der Waals surface area contributed by atoms with Crippen LogP contribution in [0.3, 0.4) is 0 Å². The van der Waals surface area contributed by atoms with Gasteiger partial charge in [0, 0.05) is 6.54 Å². The summed E-state index contributed by atoms with van der Waals surface area (Å²) in [6, 6.07) is 0. The van der Waals surface area contributed by atoms with Crippen LogP contribution in [0.2, 0.25) is 0 Å². The molecule has 0 heterocycles. The Kier molecular flexibility index (Phi) is 2.70. The van der Waals surface area contributed by atoms with Crippen molar-refractivity contribution in [3.63, 3.8) is 0 Å². The highest BCUT2D eigenvalue weighted by molar-refractivity contribution is 5.79. The third kappa shape index (κ3) is 1.59. The van der Waals surface area contributed by atoms with E-state index < -0.39 is 11.6 Å². The Bertz CT molecular complexity index is 177. The Hall–Kier alpha value is -0.600. The van der Waals surface area contributed by atoms with Crippen LogP contribution < -0.4 is 5.32 Å². The third-order valence-electron chi connectivity index (χ3n) is 2.71. The molecule has 70 valence electrons. The summed E-state index contributed by atoms with van der Waals surface area (Å²) >= 11 is 0. The summed E-state index contributed by atoms with van der Waals surface area (Å²) in [6.45, 7) is 4.10. The van der Waals surface area contributed by atoms with Gasteiger partial charge in [0.2, 0.25) is 5.91 Å². The molecule has 1 atom stereocenters. The number of rotatable bonds is 3. The van der Waals surface area contributed by atoms with Gasteiger partial charge in [-0.05, 0) is 26.2 Å². The smallest absolute Gasteiger partial charge is 0.226 e. The number of halogens is 1. The maximum atomic E-state index is 13.6. The van der Waals surface area contributed by atoms with E-state index in [0.29, 0.717) is 19.4 Å². The van der Waals surface area contributed by atoms with Crippen LogP contribution in [0, 0.1) is 5.92 Å². The number of nitrogens with one attached hydrogen (secondary N) is 1. The van der Waals surface area contributed by atoms with E-state index >= 15 is 0 Å². The number of alkyl halides is 1. The number of carbonyl (C=O) groups excluding carboxylic acids is 1. The molecule has 1 aliphatic carbocycles. The Morgan fingerprint density at radius 1 is 1.67 bits per heavy atom. The van der Waals surface area contributed by atoms with Gasteiger partial charge in [0.05, 0.1) is 5.92 Å². The lowest BCUT2D eigenvalue weighted by Gasteiger charge is -2.38. The molecule has 0 saturated heterocycles. The number of carbonyl (C=O) groups is 1. The molecule has 0 bridgehead atoms. The van der Waals surface area contributed by atoms with Crippen molar-refractivity contribution in [2.75, 3.05) is 6.54 Å². The highest BCUT2D eigenvalue weighted by Gasteiger charge is 2.45. The predicted octanol–water partition coefficient (Wildman–Crippen LogP) is 1.65. The first-order valence-electron chi connectivity index (χ1n) is 4.57. The molecule has 1 aliphatic rings. The lowest BCUT2D eigenvalue weighted by Crippen LogP contribution is -2.46. The van der Waals surface area contributed by atoms with Gasteiger partial charge in [0.25, 0.3) is 0 Å². The van der Waals surface area contributed by atoms with Gasteiger partial charge in [-0.3, -0.25) is 4.79 Å². The van der Waals surface area contributed by atoms with E-state index in [1.54, 1.807) is 6.92 Å². The summed E-state index contributed by atoms with van der Waals surface area (Å²) in [7, 11) is 0. The molecule has 0 spiro atoms. The van der Waals surface area contributed by atoms with Crippen LogP contribution in [0.5, 0.6) is 0 Å². The zero-order valence-corrected chi connectivity index (χ0v) is 7.69. The SMILES string of the molecule is CCNC(=O)[C@H](C)C1(F)CCC1. The Labute approximate surface area is 72.5 Å². The second kappa shape index (κ2) is 3.42. The Balaban J connectivity index is 2.45. The molecule has 0 aromatic heterocycles. The van der Waals surface area contributed by atoms with Gasteiger partial charge >= 0.3 is 0 Å². The van der Waals surface area contributed by atoms with E-state index in [4.69, 9.17) is 0 Å². The van der Waals surface area contributed by atoms with Gasteiger partial charge in [-0.15, -0.1) is 0 Å². The molecular weight excluding hydrogens is 157 g/mol. The first kappa shape index (κ1) is 9.49. The summed E-state index contributed by atoms with van der Waals surface area (Å²) in [4.78, 5) is 11.2. The second-order valence-corrected chi connectivity index (χ2v) is 3.50. The molecule has 0 aromatic rings. The molecule has 1 amide bonds. The molecule has 0 aromatic carbocycles. The van der Waals surface area contributed by atoms with Crippen molar-refractivity contribution in [2.45, 2.75) is 38.8 Å². The fourth-order valence-corrected chi connectivity index (χ4v) is 1.51. The maximum absolute atomic E-state index is 13.6. The van der Waals surface area contributed by atoms with Crippen molar-refractivity contribution in [3.8, 4) is 0 Å². The average Bonchev–Trinajstić information content (AvgIpc) is 1.99. The Morgan fingerprint density at radius 2 is 2.25 bits per heavy atom. The molecular formula is C9H16FNO. The van der Waals surface area contributed by atoms with Crippen molar-refractivity contribution >= 4 is 5.91 Å². The van der Waals surface area contributed by atoms with Crippen LogP contribution in [-0.4, -0.2) is 18.1 Å². The van der Waals surface area contributed by atoms with E-state index in [1.807, 2.05) is 6.92 Å². The molecule has 0 radical (unpaired) electrons. The lowest BCUT2D eigenvalue weighted by molar-refractivity contribution is -0.132. The highest BCUT2D eigenvalue weighted by Crippen LogP contribution is 2.42. The Morgan fingerprint density at radius 3 is 2.58 bits per heavy atom. The van der Waals surface area contributed by atoms with Crippen molar-refractivity contribution < 1.29 is 9.18 Å². The van der Waals surface area contributed by atoms with Crippen molar-refractivity contribution in [1.29, 1.82) is 0 Å². The van der Waals surface area contributed by atoms with Crippen molar-refractivity contribution in [2.24, 2.45) is 5.92 Å². The van der Waals surface area contributed by atoms with Crippen LogP contribution in [0.15, 0.2) is 0 Å². The fourth-order valence-electron chi connectivity index (χ4n) is 1.51. The minimum absolute atomic E-state index is 0.153. The fraction of sp³-hybridized carbons (Fsp3) is 0.889. The third-order valence-corrected chi connectivity index (χ3v) is 2.71. The van der Waals surface area contributed by atoms with Gasteiger partial charge in [-0.25, -0.2) is 4.39 Å². The molecule has 0 unspecified atom stereocenters. The molecule has 1 saturated carbocycles. The average molecular weight is 173 g/mol. The number of hydrogen-bond acceptors (Lipinski definition) is 1. The van der Waals surface area contributed by atoms with Gasteiger partial charge in [-0.2, -0.15) is 0 Å². The molecule has 2 nitrogen and oxygen atoms in total. The van der Waals surface area contributed by atoms with Crippen LogP contribution in [0.1, 0.15) is 33.1 Å². The first-order valence-corrected chi connectivity index (χ1v) is 4.57. The number of hydrogen-bond donors (Lipinski definition) is 1. The normalized spacial score (nSPS) is 22.6. The first-order chi connectivity index (χ1) is 5.60. The molecule has 1 rings (SSSR count). The highest BCUT2D eigenvalue weighted by atomic mass is 19.1. The van der Waals surface area contributed by atoms with E-state index in [9.17, 15) is 9.18 Å². The summed E-state index contributed by atoms with van der Waals surface area (Å²) in [5.74, 6) is -0.633. The standard InChI is InChI=1S/C9H16FNO/c1-3-11-8(12)7(2)9(10)5-4-6-9/h7H,3-6H2,1-2H3,(H,11,12)/t7-/m0/s1. The summed E-state index contributed by atoms with van der Waals surface area (Å²) < 4.78 is 13.6. The van der Waals surface area contributed by atoms with Crippen LogP contribution in [-0.2, 0) is 4.79 Å². The minimum atomic E-state index is -1.21. The molecule has 0 aliphatic heterocycles. The number of amides is 1. The van der Waals surface area contributed by atoms with Crippen LogP contribution in [0.4, 0.5) is 4.39 Å². The van der Waals surface area contributed by atoms with Crippen LogP contribution >= 0.6 is 0 Å². The summed E-state index contributed by atoms with van der Waals surface area (Å²) in [6.07, 6.45) is 2.01. The van der Waals surface area contributed by atoms with E-state index in [-0.39, 0.29) is 5.91 Å². The molecule has 1 N–H and O–H groups in total. The van der Waals surface area contributed by atoms with E-state index in [1.165, 1.54) is 0 Å². The van der Waals surface area contributed by atoms with Gasteiger partial charge in [0.1, 0.15) is 5.67 Å². The summed E-state index contributed by atoms with van der Waals surface area (Å²) in [5.41, 5.74) is -1.21. The van der Waals surface area contributed by atoms with E-state index in [2.05, 4.69) is 5.32 Å². The minimum Gasteiger partial charge on any atom is -0.356 e. The van der Waals surface area contributed by atoms with E-state index in [0.717, 1.165) is 6.42 Å². The molecule has 3 heteroatoms. The maximum Gasteiger partial charge on any atom is 0.226 e. The monoisotopic (exact) mass is 173 g/mol. The predicted molar refractivity (Wildman–Crippen MR) is 45.5 cm³/mol. The lowest BCUT2D eigenvalue weighted by atomic mass is 9.73. The quantitative estimate of drug-likeness (QED) is 0.690. The largest absolute Gasteiger partial charge is 0.356 e. The van der Waals surface area contributed by atoms with Crippen molar-refractivity contribution in [3.05, 3.63) is 0 Å². The second-order valence-electron chi connectivity index (χ2n) is 3.50. The summed E-state index contributed by atoms with van der Waals surface area (Å²) in [5, 5.41) is 2.64. The van der Waals surface area contributed by atoms with Crippen LogP contribution in [0.25, 0.3) is 0 Å².